The van der Waals surface area contributed by atoms with Crippen LogP contribution in [0.15, 0.2) is 24.3 Å². The van der Waals surface area contributed by atoms with Gasteiger partial charge in [-0.1, -0.05) is 12.1 Å². The van der Waals surface area contributed by atoms with Crippen molar-refractivity contribution < 1.29 is 9.50 Å². The van der Waals surface area contributed by atoms with Crippen molar-refractivity contribution in [3.05, 3.63) is 35.6 Å². The third-order valence-electron chi connectivity index (χ3n) is 1.74. The Kier molecular flexibility index (Phi) is 3.19. The third-order valence-corrected chi connectivity index (χ3v) is 1.74. The molecule has 3 heteroatoms. The molecule has 0 heterocycles. The number of hydrogen-bond donors (Lipinski definition) is 2. The molecule has 0 aliphatic heterocycles. The van der Waals surface area contributed by atoms with Gasteiger partial charge < -0.3 is 10.8 Å². The summed E-state index contributed by atoms with van der Waals surface area (Å²) in [5.74, 6) is -0.269. The van der Waals surface area contributed by atoms with Crippen molar-refractivity contribution in [1.82, 2.24) is 0 Å². The fourth-order valence-electron chi connectivity index (χ4n) is 1.02. The summed E-state index contributed by atoms with van der Waals surface area (Å²) in [4.78, 5) is 0. The Morgan fingerprint density at radius 1 is 1.33 bits per heavy atom. The molecule has 1 aromatic rings. The summed E-state index contributed by atoms with van der Waals surface area (Å²) >= 11 is 0. The molecule has 0 radical (unpaired) electrons. The van der Waals surface area contributed by atoms with Gasteiger partial charge in [0.2, 0.25) is 0 Å². The molecule has 0 saturated heterocycles. The fraction of sp³-hybridized carbons (Fsp3) is 0.333. The Labute approximate surface area is 70.8 Å². The van der Waals surface area contributed by atoms with Crippen LogP contribution in [0.2, 0.25) is 0 Å². The van der Waals surface area contributed by atoms with E-state index in [9.17, 15) is 4.39 Å². The lowest BCUT2D eigenvalue weighted by Gasteiger charge is -2.09. The normalized spacial score (nSPS) is 12.9. The van der Waals surface area contributed by atoms with Crippen molar-refractivity contribution in [1.29, 1.82) is 0 Å². The molecule has 0 fully saturated rings. The van der Waals surface area contributed by atoms with Crippen LogP contribution in [0.1, 0.15) is 18.0 Å². The van der Waals surface area contributed by atoms with E-state index < -0.39 is 0 Å². The minimum absolute atomic E-state index is 0.0541. The van der Waals surface area contributed by atoms with E-state index in [2.05, 4.69) is 0 Å². The molecule has 3 N–H and O–H groups in total. The van der Waals surface area contributed by atoms with Gasteiger partial charge in [-0.05, 0) is 24.1 Å². The number of hydrogen-bond acceptors (Lipinski definition) is 2. The van der Waals surface area contributed by atoms with E-state index in [1.54, 1.807) is 12.1 Å². The second-order valence-corrected chi connectivity index (χ2v) is 2.67. The van der Waals surface area contributed by atoms with Gasteiger partial charge in [0.15, 0.2) is 0 Å². The monoisotopic (exact) mass is 169 g/mol. The average Bonchev–Trinajstić information content (AvgIpc) is 2.06. The van der Waals surface area contributed by atoms with Gasteiger partial charge in [-0.15, -0.1) is 0 Å². The minimum atomic E-state index is -0.269. The van der Waals surface area contributed by atoms with Gasteiger partial charge in [0.05, 0.1) is 0 Å². The molecule has 12 heavy (non-hydrogen) atoms. The van der Waals surface area contributed by atoms with E-state index in [0.29, 0.717) is 6.42 Å². The van der Waals surface area contributed by atoms with Crippen LogP contribution in [0.3, 0.4) is 0 Å². The predicted molar refractivity (Wildman–Crippen MR) is 45.0 cm³/mol. The maximum Gasteiger partial charge on any atom is 0.123 e. The van der Waals surface area contributed by atoms with Gasteiger partial charge in [-0.3, -0.25) is 0 Å². The molecule has 0 spiro atoms. The van der Waals surface area contributed by atoms with E-state index in [4.69, 9.17) is 10.8 Å². The molecular formula is C9H12FNO. The van der Waals surface area contributed by atoms with E-state index in [0.717, 1.165) is 5.56 Å². The molecule has 2 nitrogen and oxygen atoms in total. The SMILES string of the molecule is NC(CCO)c1ccc(F)cc1. The molecule has 1 aromatic carbocycles. The fourth-order valence-corrected chi connectivity index (χ4v) is 1.02. The van der Waals surface area contributed by atoms with Gasteiger partial charge in [0, 0.05) is 12.6 Å². The Hall–Kier alpha value is -0.930. The number of aliphatic hydroxyl groups is 1. The number of rotatable bonds is 3. The molecule has 0 aliphatic carbocycles. The first-order valence-electron chi connectivity index (χ1n) is 3.86. The lowest BCUT2D eigenvalue weighted by molar-refractivity contribution is 0.276. The van der Waals surface area contributed by atoms with Crippen LogP contribution >= 0.6 is 0 Å². The van der Waals surface area contributed by atoms with Crippen molar-refractivity contribution in [2.75, 3.05) is 6.61 Å². The molecule has 1 rings (SSSR count). The Morgan fingerprint density at radius 2 is 1.92 bits per heavy atom. The number of nitrogens with two attached hydrogens (primary N) is 1. The van der Waals surface area contributed by atoms with Crippen LogP contribution in [-0.2, 0) is 0 Å². The van der Waals surface area contributed by atoms with E-state index >= 15 is 0 Å². The van der Waals surface area contributed by atoms with Crippen LogP contribution in [0.25, 0.3) is 0 Å². The standard InChI is InChI=1S/C9H12FNO/c10-8-3-1-7(2-4-8)9(11)5-6-12/h1-4,9,12H,5-6,11H2. The van der Waals surface area contributed by atoms with Crippen molar-refractivity contribution in [2.24, 2.45) is 5.73 Å². The maximum absolute atomic E-state index is 12.4. The van der Waals surface area contributed by atoms with Crippen molar-refractivity contribution in [3.8, 4) is 0 Å². The largest absolute Gasteiger partial charge is 0.396 e. The number of halogens is 1. The van der Waals surface area contributed by atoms with E-state index in [-0.39, 0.29) is 18.5 Å². The molecule has 0 amide bonds. The van der Waals surface area contributed by atoms with Gasteiger partial charge in [0.1, 0.15) is 5.82 Å². The first-order valence-corrected chi connectivity index (χ1v) is 3.86. The molecular weight excluding hydrogens is 157 g/mol. The van der Waals surface area contributed by atoms with Crippen LogP contribution in [0, 0.1) is 5.82 Å². The summed E-state index contributed by atoms with van der Waals surface area (Å²) in [5.41, 5.74) is 6.53. The van der Waals surface area contributed by atoms with Crippen molar-refractivity contribution in [3.63, 3.8) is 0 Å². The Morgan fingerprint density at radius 3 is 2.42 bits per heavy atom. The zero-order chi connectivity index (χ0) is 8.97. The first-order chi connectivity index (χ1) is 5.74. The van der Waals surface area contributed by atoms with Crippen LogP contribution < -0.4 is 5.73 Å². The third kappa shape index (κ3) is 2.29. The zero-order valence-corrected chi connectivity index (χ0v) is 6.70. The van der Waals surface area contributed by atoms with E-state index in [1.165, 1.54) is 12.1 Å². The first kappa shape index (κ1) is 9.16. The molecule has 0 aliphatic rings. The topological polar surface area (TPSA) is 46.2 Å². The van der Waals surface area contributed by atoms with Crippen LogP contribution in [0.4, 0.5) is 4.39 Å². The summed E-state index contributed by atoms with van der Waals surface area (Å²) in [7, 11) is 0. The molecule has 66 valence electrons. The minimum Gasteiger partial charge on any atom is -0.396 e. The van der Waals surface area contributed by atoms with Crippen LogP contribution in [-0.4, -0.2) is 11.7 Å². The summed E-state index contributed by atoms with van der Waals surface area (Å²) in [5, 5.41) is 8.60. The van der Waals surface area contributed by atoms with Crippen LogP contribution in [0.5, 0.6) is 0 Å². The summed E-state index contributed by atoms with van der Waals surface area (Å²) in [6, 6.07) is 5.81. The zero-order valence-electron chi connectivity index (χ0n) is 6.70. The highest BCUT2D eigenvalue weighted by Crippen LogP contribution is 2.13. The van der Waals surface area contributed by atoms with Gasteiger partial charge in [-0.25, -0.2) is 4.39 Å². The Balaban J connectivity index is 2.68. The number of aliphatic hydroxyl groups excluding tert-OH is 1. The van der Waals surface area contributed by atoms with Gasteiger partial charge >= 0.3 is 0 Å². The lowest BCUT2D eigenvalue weighted by Crippen LogP contribution is -2.11. The summed E-state index contributed by atoms with van der Waals surface area (Å²) in [6.45, 7) is 0.0541. The number of benzene rings is 1. The highest BCUT2D eigenvalue weighted by molar-refractivity contribution is 5.19. The molecule has 1 atom stereocenters. The van der Waals surface area contributed by atoms with Crippen molar-refractivity contribution >= 4 is 0 Å². The predicted octanol–water partition coefficient (Wildman–Crippen LogP) is 1.21. The average molecular weight is 169 g/mol. The smallest absolute Gasteiger partial charge is 0.123 e. The van der Waals surface area contributed by atoms with Crippen molar-refractivity contribution in [2.45, 2.75) is 12.5 Å². The molecule has 0 bridgehead atoms. The quantitative estimate of drug-likeness (QED) is 0.714. The Bertz CT molecular complexity index is 235. The second kappa shape index (κ2) is 4.18. The molecule has 1 unspecified atom stereocenters. The maximum atomic E-state index is 12.4. The lowest BCUT2D eigenvalue weighted by atomic mass is 10.1. The summed E-state index contributed by atoms with van der Waals surface area (Å²) in [6.07, 6.45) is 0.506. The molecule has 0 saturated carbocycles. The van der Waals surface area contributed by atoms with E-state index in [1.807, 2.05) is 0 Å². The molecule has 0 aromatic heterocycles. The van der Waals surface area contributed by atoms with Gasteiger partial charge in [0.25, 0.3) is 0 Å². The highest BCUT2D eigenvalue weighted by atomic mass is 19.1. The highest BCUT2D eigenvalue weighted by Gasteiger charge is 2.03. The second-order valence-electron chi connectivity index (χ2n) is 2.67. The summed E-state index contributed by atoms with van der Waals surface area (Å²) < 4.78 is 12.4. The van der Waals surface area contributed by atoms with Gasteiger partial charge in [-0.2, -0.15) is 0 Å².